The molecule has 5 nitrogen and oxygen atoms in total. The highest BCUT2D eigenvalue weighted by Crippen LogP contribution is 2.11. The van der Waals surface area contributed by atoms with Crippen LogP contribution < -0.4 is 5.32 Å². The Hall–Kier alpha value is -0.940. The van der Waals surface area contributed by atoms with E-state index in [0.29, 0.717) is 12.1 Å². The zero-order chi connectivity index (χ0) is 10.8. The summed E-state index contributed by atoms with van der Waals surface area (Å²) < 4.78 is 1.76. The zero-order valence-electron chi connectivity index (χ0n) is 9.64. The molecule has 2 heterocycles. The van der Waals surface area contributed by atoms with E-state index >= 15 is 0 Å². The van der Waals surface area contributed by atoms with Crippen LogP contribution >= 0.6 is 0 Å². The van der Waals surface area contributed by atoms with Crippen molar-refractivity contribution in [2.24, 2.45) is 7.05 Å². The van der Waals surface area contributed by atoms with Crippen molar-refractivity contribution in [2.45, 2.75) is 32.5 Å². The molecule has 1 N–H and O–H groups in total. The molecular weight excluding hydrogens is 190 g/mol. The van der Waals surface area contributed by atoms with Crippen molar-refractivity contribution in [3.63, 3.8) is 0 Å². The van der Waals surface area contributed by atoms with Crippen molar-refractivity contribution < 1.29 is 0 Å². The molecule has 15 heavy (non-hydrogen) atoms. The highest BCUT2D eigenvalue weighted by molar-refractivity contribution is 4.94. The molecule has 0 spiro atoms. The molecule has 1 aromatic heterocycles. The van der Waals surface area contributed by atoms with Gasteiger partial charge in [0.1, 0.15) is 0 Å². The Kier molecular flexibility index (Phi) is 3.02. The molecule has 5 heteroatoms. The smallest absolute Gasteiger partial charge is 0.0967 e. The Balaban J connectivity index is 1.99. The van der Waals surface area contributed by atoms with Crippen LogP contribution in [0.2, 0.25) is 0 Å². The van der Waals surface area contributed by atoms with Gasteiger partial charge < -0.3 is 5.32 Å². The number of nitrogens with one attached hydrogen (secondary N) is 1. The van der Waals surface area contributed by atoms with Crippen molar-refractivity contribution in [3.8, 4) is 0 Å². The van der Waals surface area contributed by atoms with Gasteiger partial charge in [0.05, 0.1) is 5.69 Å². The molecule has 2 rings (SSSR count). The van der Waals surface area contributed by atoms with E-state index in [1.54, 1.807) is 4.68 Å². The minimum atomic E-state index is 0.551. The van der Waals surface area contributed by atoms with Crippen LogP contribution in [0, 0.1) is 0 Å². The molecule has 1 aliphatic heterocycles. The Bertz CT molecular complexity index is 321. The minimum Gasteiger partial charge on any atom is -0.311 e. The van der Waals surface area contributed by atoms with Gasteiger partial charge in [-0.05, 0) is 13.8 Å². The molecule has 0 bridgehead atoms. The Morgan fingerprint density at radius 2 is 2.33 bits per heavy atom. The summed E-state index contributed by atoms with van der Waals surface area (Å²) in [6, 6.07) is 1.11. The van der Waals surface area contributed by atoms with E-state index in [4.69, 9.17) is 0 Å². The first kappa shape index (κ1) is 10.6. The Morgan fingerprint density at radius 3 is 3.00 bits per heavy atom. The lowest BCUT2D eigenvalue weighted by Crippen LogP contribution is -2.54. The quantitative estimate of drug-likeness (QED) is 0.744. The van der Waals surface area contributed by atoms with Gasteiger partial charge in [-0.1, -0.05) is 5.21 Å². The Morgan fingerprint density at radius 1 is 1.53 bits per heavy atom. The summed E-state index contributed by atoms with van der Waals surface area (Å²) in [4.78, 5) is 2.45. The predicted molar refractivity (Wildman–Crippen MR) is 58.3 cm³/mol. The molecule has 0 amide bonds. The molecule has 1 aromatic rings. The van der Waals surface area contributed by atoms with Crippen molar-refractivity contribution in [1.29, 1.82) is 0 Å². The average molecular weight is 209 g/mol. The number of piperazine rings is 1. The Labute approximate surface area is 90.5 Å². The maximum Gasteiger partial charge on any atom is 0.0967 e. The van der Waals surface area contributed by atoms with Gasteiger partial charge in [0.25, 0.3) is 0 Å². The molecule has 0 saturated carbocycles. The number of nitrogens with zero attached hydrogens (tertiary/aromatic N) is 4. The third-order valence-corrected chi connectivity index (χ3v) is 3.18. The second-order valence-corrected chi connectivity index (χ2v) is 4.34. The summed E-state index contributed by atoms with van der Waals surface area (Å²) in [7, 11) is 1.90. The van der Waals surface area contributed by atoms with Crippen molar-refractivity contribution >= 4 is 0 Å². The zero-order valence-corrected chi connectivity index (χ0v) is 9.64. The highest BCUT2D eigenvalue weighted by atomic mass is 15.4. The first-order valence-electron chi connectivity index (χ1n) is 5.49. The van der Waals surface area contributed by atoms with Crippen LogP contribution in [-0.2, 0) is 13.6 Å². The van der Waals surface area contributed by atoms with E-state index < -0.39 is 0 Å². The number of hydrogen-bond acceptors (Lipinski definition) is 4. The van der Waals surface area contributed by atoms with Crippen molar-refractivity contribution in [3.05, 3.63) is 11.9 Å². The van der Waals surface area contributed by atoms with Gasteiger partial charge in [-0.3, -0.25) is 9.58 Å². The lowest BCUT2D eigenvalue weighted by Gasteiger charge is -2.38. The van der Waals surface area contributed by atoms with Gasteiger partial charge in [0.15, 0.2) is 0 Å². The molecule has 0 aromatic carbocycles. The van der Waals surface area contributed by atoms with Crippen LogP contribution in [0.4, 0.5) is 0 Å². The third-order valence-electron chi connectivity index (χ3n) is 3.18. The minimum absolute atomic E-state index is 0.551. The summed E-state index contributed by atoms with van der Waals surface area (Å²) in [6.07, 6.45) is 1.99. The molecule has 1 aliphatic rings. The normalized spacial score (nSPS) is 28.2. The molecule has 0 radical (unpaired) electrons. The van der Waals surface area contributed by atoms with Crippen LogP contribution in [-0.4, -0.2) is 45.1 Å². The van der Waals surface area contributed by atoms with Gasteiger partial charge >= 0.3 is 0 Å². The summed E-state index contributed by atoms with van der Waals surface area (Å²) in [5.74, 6) is 0. The van der Waals surface area contributed by atoms with E-state index in [1.807, 2.05) is 13.2 Å². The van der Waals surface area contributed by atoms with Crippen LogP contribution in [0.5, 0.6) is 0 Å². The van der Waals surface area contributed by atoms with Crippen LogP contribution in [0.1, 0.15) is 19.5 Å². The van der Waals surface area contributed by atoms with Crippen LogP contribution in [0.25, 0.3) is 0 Å². The van der Waals surface area contributed by atoms with Crippen molar-refractivity contribution in [1.82, 2.24) is 25.2 Å². The average Bonchev–Trinajstić information content (AvgIpc) is 2.59. The first-order valence-corrected chi connectivity index (χ1v) is 5.49. The maximum absolute atomic E-state index is 4.12. The third kappa shape index (κ3) is 2.35. The molecule has 0 aliphatic carbocycles. The van der Waals surface area contributed by atoms with E-state index in [2.05, 4.69) is 34.4 Å². The number of hydrogen-bond donors (Lipinski definition) is 1. The van der Waals surface area contributed by atoms with E-state index in [1.165, 1.54) is 0 Å². The standard InChI is InChI=1S/C10H19N5/c1-8-9(2)15(5-4-11-8)7-10-6-14(3)13-12-10/h6,8-9,11H,4-5,7H2,1-3H3. The van der Waals surface area contributed by atoms with Gasteiger partial charge in [-0.15, -0.1) is 5.10 Å². The molecule has 2 atom stereocenters. The van der Waals surface area contributed by atoms with Gasteiger partial charge in [0.2, 0.25) is 0 Å². The molecule has 1 fully saturated rings. The van der Waals surface area contributed by atoms with Gasteiger partial charge in [-0.25, -0.2) is 0 Å². The molecule has 2 unspecified atom stereocenters. The lowest BCUT2D eigenvalue weighted by atomic mass is 10.1. The summed E-state index contributed by atoms with van der Waals surface area (Å²) in [5, 5.41) is 11.5. The number of aryl methyl sites for hydroxylation is 1. The molecular formula is C10H19N5. The van der Waals surface area contributed by atoms with Crippen LogP contribution in [0.15, 0.2) is 6.20 Å². The first-order chi connectivity index (χ1) is 7.16. The lowest BCUT2D eigenvalue weighted by molar-refractivity contribution is 0.129. The number of rotatable bonds is 2. The largest absolute Gasteiger partial charge is 0.311 e. The van der Waals surface area contributed by atoms with Gasteiger partial charge in [0, 0.05) is 45.0 Å². The second-order valence-electron chi connectivity index (χ2n) is 4.34. The summed E-state index contributed by atoms with van der Waals surface area (Å²) in [6.45, 7) is 7.54. The monoisotopic (exact) mass is 209 g/mol. The number of aromatic nitrogens is 3. The fourth-order valence-corrected chi connectivity index (χ4v) is 2.03. The second kappa shape index (κ2) is 4.28. The fourth-order valence-electron chi connectivity index (χ4n) is 2.03. The summed E-state index contributed by atoms with van der Waals surface area (Å²) in [5.41, 5.74) is 1.05. The topological polar surface area (TPSA) is 46.0 Å². The molecule has 1 saturated heterocycles. The highest BCUT2D eigenvalue weighted by Gasteiger charge is 2.24. The van der Waals surface area contributed by atoms with Gasteiger partial charge in [-0.2, -0.15) is 0 Å². The predicted octanol–water partition coefficient (Wildman–Crippen LogP) is -0.00270. The maximum atomic E-state index is 4.12. The summed E-state index contributed by atoms with van der Waals surface area (Å²) >= 11 is 0. The SMILES string of the molecule is CC1NCCN(Cc2cn(C)nn2)C1C. The van der Waals surface area contributed by atoms with E-state index in [9.17, 15) is 0 Å². The van der Waals surface area contributed by atoms with E-state index in [-0.39, 0.29) is 0 Å². The van der Waals surface area contributed by atoms with Crippen molar-refractivity contribution in [2.75, 3.05) is 13.1 Å². The van der Waals surface area contributed by atoms with Crippen LogP contribution in [0.3, 0.4) is 0 Å². The fraction of sp³-hybridized carbons (Fsp3) is 0.800. The molecule has 84 valence electrons. The van der Waals surface area contributed by atoms with E-state index in [0.717, 1.165) is 25.3 Å².